The zero-order chi connectivity index (χ0) is 18.2. The third-order valence-electron chi connectivity index (χ3n) is 3.82. The molecule has 1 unspecified atom stereocenters. The number of hydrogen-bond donors (Lipinski definition) is 2. The summed E-state index contributed by atoms with van der Waals surface area (Å²) in [5, 5.41) is 5.73. The second-order valence-electron chi connectivity index (χ2n) is 5.77. The van der Waals surface area contributed by atoms with Crippen LogP contribution in [-0.2, 0) is 0 Å². The Morgan fingerprint density at radius 3 is 2.04 bits per heavy atom. The highest BCUT2D eigenvalue weighted by Gasteiger charge is 2.10. The molecule has 0 aliphatic heterocycles. The lowest BCUT2D eigenvalue weighted by atomic mass is 10.1. The molecule has 2 amide bonds. The largest absolute Gasteiger partial charge is 0.494 e. The van der Waals surface area contributed by atoms with Gasteiger partial charge in [-0.25, -0.2) is 0 Å². The molecule has 2 rings (SSSR count). The van der Waals surface area contributed by atoms with Gasteiger partial charge in [-0.15, -0.1) is 0 Å². The molecule has 2 aromatic carbocycles. The van der Waals surface area contributed by atoms with Gasteiger partial charge in [0.2, 0.25) is 0 Å². The number of hydrogen-bond acceptors (Lipinski definition) is 3. The molecule has 5 heteroatoms. The molecule has 0 radical (unpaired) electrons. The van der Waals surface area contributed by atoms with Gasteiger partial charge in [0.25, 0.3) is 11.8 Å². The van der Waals surface area contributed by atoms with Crippen LogP contribution in [0, 0.1) is 0 Å². The van der Waals surface area contributed by atoms with Crippen LogP contribution in [-0.4, -0.2) is 24.5 Å². The molecular weight excluding hydrogens is 316 g/mol. The second kappa shape index (κ2) is 8.87. The van der Waals surface area contributed by atoms with E-state index in [-0.39, 0.29) is 17.9 Å². The van der Waals surface area contributed by atoms with Crippen LogP contribution in [0.1, 0.15) is 47.9 Å². The Hall–Kier alpha value is -2.82. The fourth-order valence-electron chi connectivity index (χ4n) is 2.19. The first-order chi connectivity index (χ1) is 12.0. The van der Waals surface area contributed by atoms with Crippen molar-refractivity contribution < 1.29 is 14.3 Å². The van der Waals surface area contributed by atoms with Crippen LogP contribution in [0.25, 0.3) is 0 Å². The number of carbonyl (C=O) groups is 2. The molecule has 5 nitrogen and oxygen atoms in total. The van der Waals surface area contributed by atoms with Gasteiger partial charge in [-0.2, -0.15) is 0 Å². The van der Waals surface area contributed by atoms with Crippen LogP contribution in [0.5, 0.6) is 5.75 Å². The van der Waals surface area contributed by atoms with Gasteiger partial charge in [0.1, 0.15) is 5.75 Å². The van der Waals surface area contributed by atoms with Crippen molar-refractivity contribution in [3.8, 4) is 5.75 Å². The number of ether oxygens (including phenoxy) is 1. The second-order valence-corrected chi connectivity index (χ2v) is 5.77. The summed E-state index contributed by atoms with van der Waals surface area (Å²) in [5.41, 5.74) is 1.75. The molecule has 0 aliphatic rings. The van der Waals surface area contributed by atoms with Gasteiger partial charge < -0.3 is 15.4 Å². The van der Waals surface area contributed by atoms with Crippen LogP contribution >= 0.6 is 0 Å². The molecule has 0 saturated heterocycles. The Labute approximate surface area is 148 Å². The first-order valence-corrected chi connectivity index (χ1v) is 8.48. The molecule has 0 heterocycles. The summed E-state index contributed by atoms with van der Waals surface area (Å²) in [4.78, 5) is 24.3. The molecule has 0 fully saturated rings. The Morgan fingerprint density at radius 2 is 1.48 bits per heavy atom. The van der Waals surface area contributed by atoms with Crippen molar-refractivity contribution in [1.29, 1.82) is 0 Å². The van der Waals surface area contributed by atoms with Gasteiger partial charge >= 0.3 is 0 Å². The molecule has 0 bridgehead atoms. The Kier molecular flexibility index (Phi) is 6.57. The highest BCUT2D eigenvalue weighted by molar-refractivity contribution is 6.04. The van der Waals surface area contributed by atoms with Gasteiger partial charge in [-0.1, -0.05) is 6.92 Å². The standard InChI is InChI=1S/C20H24N2O3/c1-4-14(3)21-19(23)15-6-10-17(11-7-15)22-20(24)16-8-12-18(13-9-16)25-5-2/h6-14H,4-5H2,1-3H3,(H,21,23)(H,22,24). The lowest BCUT2D eigenvalue weighted by Gasteiger charge is -2.12. The van der Waals surface area contributed by atoms with Crippen molar-refractivity contribution in [3.63, 3.8) is 0 Å². The zero-order valence-electron chi connectivity index (χ0n) is 14.8. The van der Waals surface area contributed by atoms with E-state index in [1.807, 2.05) is 20.8 Å². The SMILES string of the molecule is CCOc1ccc(C(=O)Nc2ccc(C(=O)NC(C)CC)cc2)cc1. The van der Waals surface area contributed by atoms with Crippen LogP contribution < -0.4 is 15.4 Å². The summed E-state index contributed by atoms with van der Waals surface area (Å²) in [6.45, 7) is 6.48. The van der Waals surface area contributed by atoms with Crippen molar-refractivity contribution >= 4 is 17.5 Å². The maximum absolute atomic E-state index is 12.3. The molecule has 2 aromatic rings. The van der Waals surface area contributed by atoms with E-state index < -0.39 is 0 Å². The summed E-state index contributed by atoms with van der Waals surface area (Å²) in [5.74, 6) is 0.411. The lowest BCUT2D eigenvalue weighted by molar-refractivity contribution is 0.0938. The Balaban J connectivity index is 1.98. The van der Waals surface area contributed by atoms with E-state index in [0.717, 1.165) is 12.2 Å². The average molecular weight is 340 g/mol. The van der Waals surface area contributed by atoms with Gasteiger partial charge in [0.15, 0.2) is 0 Å². The van der Waals surface area contributed by atoms with E-state index in [4.69, 9.17) is 4.74 Å². The van der Waals surface area contributed by atoms with Gasteiger partial charge in [-0.3, -0.25) is 9.59 Å². The topological polar surface area (TPSA) is 67.4 Å². The minimum atomic E-state index is -0.208. The number of amides is 2. The van der Waals surface area contributed by atoms with Crippen molar-refractivity contribution in [3.05, 3.63) is 59.7 Å². The van der Waals surface area contributed by atoms with E-state index in [2.05, 4.69) is 10.6 Å². The molecule has 132 valence electrons. The number of anilines is 1. The Bertz CT molecular complexity index is 709. The number of rotatable bonds is 7. The van der Waals surface area contributed by atoms with Crippen LogP contribution in [0.4, 0.5) is 5.69 Å². The van der Waals surface area contributed by atoms with Gasteiger partial charge in [-0.05, 0) is 68.8 Å². The molecule has 0 saturated carbocycles. The minimum Gasteiger partial charge on any atom is -0.494 e. The van der Waals surface area contributed by atoms with Crippen molar-refractivity contribution in [2.24, 2.45) is 0 Å². The fourth-order valence-corrected chi connectivity index (χ4v) is 2.19. The maximum atomic E-state index is 12.3. The monoisotopic (exact) mass is 340 g/mol. The van der Waals surface area contributed by atoms with E-state index in [0.29, 0.717) is 23.4 Å². The smallest absolute Gasteiger partial charge is 0.255 e. The summed E-state index contributed by atoms with van der Waals surface area (Å²) < 4.78 is 5.36. The lowest BCUT2D eigenvalue weighted by Crippen LogP contribution is -2.31. The minimum absolute atomic E-state index is 0.112. The summed E-state index contributed by atoms with van der Waals surface area (Å²) in [6.07, 6.45) is 0.877. The quantitative estimate of drug-likeness (QED) is 0.804. The normalized spacial score (nSPS) is 11.5. The van der Waals surface area contributed by atoms with E-state index in [9.17, 15) is 9.59 Å². The predicted molar refractivity (Wildman–Crippen MR) is 99.2 cm³/mol. The zero-order valence-corrected chi connectivity index (χ0v) is 14.8. The van der Waals surface area contributed by atoms with Crippen LogP contribution in [0.2, 0.25) is 0 Å². The van der Waals surface area contributed by atoms with Crippen molar-refractivity contribution in [2.75, 3.05) is 11.9 Å². The highest BCUT2D eigenvalue weighted by Crippen LogP contribution is 2.15. The predicted octanol–water partition coefficient (Wildman–Crippen LogP) is 3.87. The molecule has 0 aromatic heterocycles. The third kappa shape index (κ3) is 5.35. The van der Waals surface area contributed by atoms with Crippen molar-refractivity contribution in [1.82, 2.24) is 5.32 Å². The molecule has 1 atom stereocenters. The van der Waals surface area contributed by atoms with Gasteiger partial charge in [0, 0.05) is 22.9 Å². The molecule has 2 N–H and O–H groups in total. The first kappa shape index (κ1) is 18.5. The van der Waals surface area contributed by atoms with Crippen LogP contribution in [0.3, 0.4) is 0 Å². The first-order valence-electron chi connectivity index (χ1n) is 8.48. The summed E-state index contributed by atoms with van der Waals surface area (Å²) in [7, 11) is 0. The van der Waals surface area contributed by atoms with E-state index in [1.54, 1.807) is 48.5 Å². The highest BCUT2D eigenvalue weighted by atomic mass is 16.5. The van der Waals surface area contributed by atoms with E-state index in [1.165, 1.54) is 0 Å². The number of nitrogens with one attached hydrogen (secondary N) is 2. The summed E-state index contributed by atoms with van der Waals surface area (Å²) in [6, 6.07) is 13.9. The molecule has 25 heavy (non-hydrogen) atoms. The molecular formula is C20H24N2O3. The third-order valence-corrected chi connectivity index (χ3v) is 3.82. The van der Waals surface area contributed by atoms with Crippen LogP contribution in [0.15, 0.2) is 48.5 Å². The molecule has 0 spiro atoms. The Morgan fingerprint density at radius 1 is 0.920 bits per heavy atom. The van der Waals surface area contributed by atoms with Gasteiger partial charge in [0.05, 0.1) is 6.61 Å². The molecule has 0 aliphatic carbocycles. The number of carbonyl (C=O) groups excluding carboxylic acids is 2. The van der Waals surface area contributed by atoms with E-state index >= 15 is 0 Å². The number of benzene rings is 2. The fraction of sp³-hybridized carbons (Fsp3) is 0.300. The maximum Gasteiger partial charge on any atom is 0.255 e. The summed E-state index contributed by atoms with van der Waals surface area (Å²) >= 11 is 0. The van der Waals surface area contributed by atoms with Crippen molar-refractivity contribution in [2.45, 2.75) is 33.2 Å². The average Bonchev–Trinajstić information content (AvgIpc) is 2.63.